The fraction of sp³-hybridized carbons (Fsp3) is 0.429. The first-order valence-corrected chi connectivity index (χ1v) is 7.10. The second kappa shape index (κ2) is 6.30. The maximum absolute atomic E-state index is 11.9. The largest absolute Gasteiger partial charge is 0.391 e. The van der Waals surface area contributed by atoms with E-state index >= 15 is 0 Å². The molecule has 4 nitrogen and oxygen atoms in total. The van der Waals surface area contributed by atoms with E-state index in [1.807, 2.05) is 12.1 Å². The Bertz CT molecular complexity index is 472. The fourth-order valence-electron chi connectivity index (χ4n) is 2.13. The van der Waals surface area contributed by atoms with E-state index in [1.165, 1.54) is 0 Å². The SMILES string of the molecule is O=C(CCC(=O)N1CC[C@@H](O)C1)c1ccc(Br)cc1. The van der Waals surface area contributed by atoms with E-state index in [4.69, 9.17) is 0 Å². The molecule has 1 atom stereocenters. The number of carbonyl (C=O) groups excluding carboxylic acids is 2. The highest BCUT2D eigenvalue weighted by Crippen LogP contribution is 2.14. The normalized spacial score (nSPS) is 18.6. The van der Waals surface area contributed by atoms with Crippen molar-refractivity contribution in [3.05, 3.63) is 34.3 Å². The summed E-state index contributed by atoms with van der Waals surface area (Å²) in [6.45, 7) is 0.984. The zero-order valence-corrected chi connectivity index (χ0v) is 12.1. The van der Waals surface area contributed by atoms with Crippen LogP contribution in [0.1, 0.15) is 29.6 Å². The Kier molecular flexibility index (Phi) is 4.71. The van der Waals surface area contributed by atoms with Crippen LogP contribution in [-0.2, 0) is 4.79 Å². The Morgan fingerprint density at radius 3 is 2.53 bits per heavy atom. The zero-order valence-electron chi connectivity index (χ0n) is 10.5. The number of hydrogen-bond donors (Lipinski definition) is 1. The van der Waals surface area contributed by atoms with E-state index in [1.54, 1.807) is 17.0 Å². The number of hydrogen-bond acceptors (Lipinski definition) is 3. The highest BCUT2D eigenvalue weighted by molar-refractivity contribution is 9.10. The minimum Gasteiger partial charge on any atom is -0.391 e. The molecule has 0 spiro atoms. The number of aliphatic hydroxyl groups excluding tert-OH is 1. The van der Waals surface area contributed by atoms with Crippen molar-refractivity contribution in [3.63, 3.8) is 0 Å². The van der Waals surface area contributed by atoms with Gasteiger partial charge in [0.15, 0.2) is 5.78 Å². The molecule has 0 aliphatic carbocycles. The second-order valence-corrected chi connectivity index (χ2v) is 5.63. The molecule has 1 aliphatic rings. The van der Waals surface area contributed by atoms with Gasteiger partial charge < -0.3 is 10.0 Å². The quantitative estimate of drug-likeness (QED) is 0.861. The van der Waals surface area contributed by atoms with Crippen LogP contribution < -0.4 is 0 Å². The van der Waals surface area contributed by atoms with Crippen LogP contribution >= 0.6 is 15.9 Å². The number of ketones is 1. The van der Waals surface area contributed by atoms with Gasteiger partial charge in [-0.05, 0) is 18.6 Å². The van der Waals surface area contributed by atoms with E-state index in [9.17, 15) is 14.7 Å². The van der Waals surface area contributed by atoms with Gasteiger partial charge in [-0.2, -0.15) is 0 Å². The van der Waals surface area contributed by atoms with Crippen molar-refractivity contribution in [1.82, 2.24) is 4.90 Å². The van der Waals surface area contributed by atoms with Crippen molar-refractivity contribution in [2.45, 2.75) is 25.4 Å². The number of benzene rings is 1. The predicted molar refractivity (Wildman–Crippen MR) is 74.9 cm³/mol. The number of halogens is 1. The molecule has 1 saturated heterocycles. The first-order chi connectivity index (χ1) is 9.06. The molecule has 0 saturated carbocycles. The summed E-state index contributed by atoms with van der Waals surface area (Å²) in [6.07, 6.45) is 0.646. The van der Waals surface area contributed by atoms with Gasteiger partial charge >= 0.3 is 0 Å². The second-order valence-electron chi connectivity index (χ2n) is 4.71. The molecule has 5 heteroatoms. The van der Waals surface area contributed by atoms with Gasteiger partial charge in [-0.1, -0.05) is 28.1 Å². The number of aliphatic hydroxyl groups is 1. The Labute approximate surface area is 120 Å². The molecule has 1 heterocycles. The first-order valence-electron chi connectivity index (χ1n) is 6.31. The van der Waals surface area contributed by atoms with Crippen LogP contribution in [0.2, 0.25) is 0 Å². The van der Waals surface area contributed by atoms with Crippen molar-refractivity contribution in [1.29, 1.82) is 0 Å². The molecule has 0 unspecified atom stereocenters. The minimum absolute atomic E-state index is 0.0272. The van der Waals surface area contributed by atoms with Gasteiger partial charge in [0.25, 0.3) is 0 Å². The monoisotopic (exact) mass is 325 g/mol. The summed E-state index contributed by atoms with van der Waals surface area (Å²) >= 11 is 3.31. The molecule has 102 valence electrons. The number of rotatable bonds is 4. The summed E-state index contributed by atoms with van der Waals surface area (Å²) in [7, 11) is 0. The highest BCUT2D eigenvalue weighted by atomic mass is 79.9. The van der Waals surface area contributed by atoms with E-state index in [-0.39, 0.29) is 24.5 Å². The maximum Gasteiger partial charge on any atom is 0.223 e. The number of nitrogens with zero attached hydrogens (tertiary/aromatic N) is 1. The van der Waals surface area contributed by atoms with Crippen LogP contribution in [0.25, 0.3) is 0 Å². The molecule has 0 radical (unpaired) electrons. The van der Waals surface area contributed by atoms with Gasteiger partial charge in [0.2, 0.25) is 5.91 Å². The lowest BCUT2D eigenvalue weighted by molar-refractivity contribution is -0.130. The van der Waals surface area contributed by atoms with Crippen molar-refractivity contribution in [2.24, 2.45) is 0 Å². The Morgan fingerprint density at radius 2 is 1.95 bits per heavy atom. The van der Waals surface area contributed by atoms with Crippen LogP contribution in [0, 0.1) is 0 Å². The summed E-state index contributed by atoms with van der Waals surface area (Å²) in [5.41, 5.74) is 0.623. The van der Waals surface area contributed by atoms with Gasteiger partial charge in [0.05, 0.1) is 6.10 Å². The fourth-order valence-corrected chi connectivity index (χ4v) is 2.39. The van der Waals surface area contributed by atoms with Crippen molar-refractivity contribution < 1.29 is 14.7 Å². The van der Waals surface area contributed by atoms with Crippen LogP contribution in [0.3, 0.4) is 0 Å². The van der Waals surface area contributed by atoms with Gasteiger partial charge in [-0.3, -0.25) is 9.59 Å². The van der Waals surface area contributed by atoms with Gasteiger partial charge in [-0.15, -0.1) is 0 Å². The molecular formula is C14H16BrNO3. The summed E-state index contributed by atoms with van der Waals surface area (Å²) in [4.78, 5) is 25.4. The molecule has 1 fully saturated rings. The Balaban J connectivity index is 1.83. The number of amides is 1. The van der Waals surface area contributed by atoms with Crippen LogP contribution in [0.15, 0.2) is 28.7 Å². The molecule has 19 heavy (non-hydrogen) atoms. The van der Waals surface area contributed by atoms with Crippen molar-refractivity contribution in [2.75, 3.05) is 13.1 Å². The lowest BCUT2D eigenvalue weighted by Gasteiger charge is -2.14. The third kappa shape index (κ3) is 3.88. The molecular weight excluding hydrogens is 310 g/mol. The van der Waals surface area contributed by atoms with Crippen molar-refractivity contribution in [3.8, 4) is 0 Å². The third-order valence-electron chi connectivity index (χ3n) is 3.25. The highest BCUT2D eigenvalue weighted by Gasteiger charge is 2.24. The van der Waals surface area contributed by atoms with Crippen molar-refractivity contribution >= 4 is 27.6 Å². The number of carbonyl (C=O) groups is 2. The standard InChI is InChI=1S/C14H16BrNO3/c15-11-3-1-10(2-4-11)13(18)5-6-14(19)16-8-7-12(17)9-16/h1-4,12,17H,5-9H2/t12-/m1/s1. The number of β-amino-alcohol motifs (C(OH)–C–C–N with tert-alkyl or cyclic N) is 1. The number of Topliss-reactive ketones (excluding diaryl/α,β-unsaturated/α-hetero) is 1. The molecule has 1 N–H and O–H groups in total. The van der Waals surface area contributed by atoms with E-state index in [2.05, 4.69) is 15.9 Å². The van der Waals surface area contributed by atoms with Crippen LogP contribution in [0.5, 0.6) is 0 Å². The summed E-state index contributed by atoms with van der Waals surface area (Å²) < 4.78 is 0.922. The minimum atomic E-state index is -0.411. The Morgan fingerprint density at radius 1 is 1.26 bits per heavy atom. The van der Waals surface area contributed by atoms with E-state index < -0.39 is 6.10 Å². The first kappa shape index (κ1) is 14.2. The summed E-state index contributed by atoms with van der Waals surface area (Å²) in [5.74, 6) is -0.0809. The smallest absolute Gasteiger partial charge is 0.223 e. The zero-order chi connectivity index (χ0) is 13.8. The summed E-state index contributed by atoms with van der Waals surface area (Å²) in [6, 6.07) is 7.12. The molecule has 1 aromatic carbocycles. The molecule has 1 aliphatic heterocycles. The van der Waals surface area contributed by atoms with Crippen LogP contribution in [-0.4, -0.2) is 40.9 Å². The molecule has 2 rings (SSSR count). The number of likely N-dealkylation sites (tertiary alicyclic amines) is 1. The maximum atomic E-state index is 11.9. The molecule has 1 amide bonds. The lowest BCUT2D eigenvalue weighted by atomic mass is 10.1. The predicted octanol–water partition coefficient (Wildman–Crippen LogP) is 2.01. The lowest BCUT2D eigenvalue weighted by Crippen LogP contribution is -2.29. The topological polar surface area (TPSA) is 57.6 Å². The molecule has 1 aromatic rings. The van der Waals surface area contributed by atoms with E-state index in [0.717, 1.165) is 4.47 Å². The van der Waals surface area contributed by atoms with Gasteiger partial charge in [-0.25, -0.2) is 0 Å². The summed E-state index contributed by atoms with van der Waals surface area (Å²) in [5, 5.41) is 9.36. The Hall–Kier alpha value is -1.20. The van der Waals surface area contributed by atoms with Gasteiger partial charge in [0, 0.05) is 36.0 Å². The van der Waals surface area contributed by atoms with Gasteiger partial charge in [0.1, 0.15) is 0 Å². The van der Waals surface area contributed by atoms with Crippen LogP contribution in [0.4, 0.5) is 0 Å². The third-order valence-corrected chi connectivity index (χ3v) is 3.78. The molecule has 0 aromatic heterocycles. The average molecular weight is 326 g/mol. The van der Waals surface area contributed by atoms with E-state index in [0.29, 0.717) is 25.1 Å². The average Bonchev–Trinajstić information content (AvgIpc) is 2.83. The molecule has 0 bridgehead atoms.